The number of thioether (sulfide) groups is 1. The van der Waals surface area contributed by atoms with Gasteiger partial charge in [-0.2, -0.15) is 0 Å². The number of halogens is 1. The number of aliphatic hydroxyl groups is 2. The van der Waals surface area contributed by atoms with Gasteiger partial charge < -0.3 is 25.0 Å². The SMILES string of the molecule is COC1C(N=[N+]=[N-])[C@@H](O)C(CO)O[C@@H]1Sc1cc(Cl)cnc1C1=CCNCC1. The summed E-state index contributed by atoms with van der Waals surface area (Å²) < 4.78 is 11.4. The summed E-state index contributed by atoms with van der Waals surface area (Å²) in [5.74, 6) is 0. The van der Waals surface area contributed by atoms with Crippen LogP contribution in [0.5, 0.6) is 0 Å². The van der Waals surface area contributed by atoms with E-state index in [2.05, 4.69) is 26.4 Å². The van der Waals surface area contributed by atoms with Gasteiger partial charge in [0.1, 0.15) is 17.6 Å². The average molecular weight is 428 g/mol. The maximum atomic E-state index is 10.4. The number of aliphatic hydroxyl groups excluding tert-OH is 2. The summed E-state index contributed by atoms with van der Waals surface area (Å²) in [7, 11) is 1.46. The zero-order valence-electron chi connectivity index (χ0n) is 15.2. The minimum absolute atomic E-state index is 0.413. The first-order valence-electron chi connectivity index (χ1n) is 8.82. The summed E-state index contributed by atoms with van der Waals surface area (Å²) in [6.07, 6.45) is 1.73. The molecule has 5 atom stereocenters. The topological polar surface area (TPSA) is 133 Å². The van der Waals surface area contributed by atoms with Gasteiger partial charge in [0.25, 0.3) is 0 Å². The predicted molar refractivity (Wildman–Crippen MR) is 106 cm³/mol. The van der Waals surface area contributed by atoms with E-state index in [1.807, 2.05) is 0 Å². The number of aromatic nitrogens is 1. The molecule has 0 aliphatic carbocycles. The number of azide groups is 1. The summed E-state index contributed by atoms with van der Waals surface area (Å²) in [5.41, 5.74) is 10.2. The van der Waals surface area contributed by atoms with Crippen molar-refractivity contribution in [3.63, 3.8) is 0 Å². The highest BCUT2D eigenvalue weighted by Gasteiger charge is 2.45. The second kappa shape index (κ2) is 9.91. The van der Waals surface area contributed by atoms with Crippen LogP contribution >= 0.6 is 23.4 Å². The molecule has 9 nitrogen and oxygen atoms in total. The number of hydrogen-bond acceptors (Lipinski definition) is 8. The first-order valence-corrected chi connectivity index (χ1v) is 10.1. The lowest BCUT2D eigenvalue weighted by Gasteiger charge is -2.41. The first kappa shape index (κ1) is 21.4. The Bertz CT molecular complexity index is 776. The van der Waals surface area contributed by atoms with Gasteiger partial charge >= 0.3 is 0 Å². The fourth-order valence-corrected chi connectivity index (χ4v) is 4.88. The van der Waals surface area contributed by atoms with Gasteiger partial charge in [0.05, 0.1) is 29.5 Å². The lowest BCUT2D eigenvalue weighted by atomic mass is 9.98. The van der Waals surface area contributed by atoms with Crippen molar-refractivity contribution in [3.8, 4) is 0 Å². The maximum Gasteiger partial charge on any atom is 0.134 e. The molecule has 11 heteroatoms. The summed E-state index contributed by atoms with van der Waals surface area (Å²) >= 11 is 7.50. The maximum absolute atomic E-state index is 10.4. The van der Waals surface area contributed by atoms with Gasteiger partial charge in [0, 0.05) is 29.7 Å². The molecule has 1 aromatic heterocycles. The molecule has 2 aliphatic rings. The smallest absolute Gasteiger partial charge is 0.134 e. The molecule has 2 aliphatic heterocycles. The number of nitrogens with zero attached hydrogens (tertiary/aromatic N) is 4. The highest BCUT2D eigenvalue weighted by Crippen LogP contribution is 2.39. The van der Waals surface area contributed by atoms with Crippen LogP contribution in [0.3, 0.4) is 0 Å². The van der Waals surface area contributed by atoms with Crippen LogP contribution in [0.25, 0.3) is 16.0 Å². The van der Waals surface area contributed by atoms with E-state index >= 15 is 0 Å². The second-order valence-electron chi connectivity index (χ2n) is 6.41. The Labute approximate surface area is 171 Å². The zero-order chi connectivity index (χ0) is 20.1. The molecule has 1 fully saturated rings. The van der Waals surface area contributed by atoms with Crippen LogP contribution in [0.4, 0.5) is 0 Å². The quantitative estimate of drug-likeness (QED) is 0.359. The standard InChI is InChI=1S/C17H22ClN5O4S/c1-26-16-14(22-23-19)15(25)11(8-24)27-17(16)28-12-6-10(18)7-21-13(12)9-2-4-20-5-3-9/h2,6-7,11,14-17,20,24-25H,3-5,8H2,1H3/t11?,14?,15-,16?,17+/m0/s1. The van der Waals surface area contributed by atoms with Crippen LogP contribution in [0, 0.1) is 0 Å². The number of nitrogens with one attached hydrogen (secondary N) is 1. The first-order chi connectivity index (χ1) is 13.6. The predicted octanol–water partition coefficient (Wildman–Crippen LogP) is 1.98. The normalized spacial score (nSPS) is 30.4. The largest absolute Gasteiger partial charge is 0.394 e. The molecule has 1 aromatic rings. The van der Waals surface area contributed by atoms with Gasteiger partial charge in [-0.05, 0) is 30.1 Å². The molecule has 3 heterocycles. The Morgan fingerprint density at radius 1 is 1.57 bits per heavy atom. The van der Waals surface area contributed by atoms with Gasteiger partial charge in [0.15, 0.2) is 0 Å². The lowest BCUT2D eigenvalue weighted by molar-refractivity contribution is -0.167. The molecule has 3 N–H and O–H groups in total. The van der Waals surface area contributed by atoms with Crippen LogP contribution in [0.1, 0.15) is 12.1 Å². The van der Waals surface area contributed by atoms with E-state index in [9.17, 15) is 10.2 Å². The van der Waals surface area contributed by atoms with E-state index in [1.165, 1.54) is 18.9 Å². The van der Waals surface area contributed by atoms with Gasteiger partial charge in [-0.1, -0.05) is 34.6 Å². The van der Waals surface area contributed by atoms with E-state index in [-0.39, 0.29) is 0 Å². The molecule has 152 valence electrons. The highest BCUT2D eigenvalue weighted by molar-refractivity contribution is 7.99. The number of methoxy groups -OCH3 is 1. The average Bonchev–Trinajstić information content (AvgIpc) is 2.71. The molecule has 0 aromatic carbocycles. The Morgan fingerprint density at radius 2 is 2.39 bits per heavy atom. The lowest BCUT2D eigenvalue weighted by Crippen LogP contribution is -2.57. The van der Waals surface area contributed by atoms with Crippen LogP contribution in [0.2, 0.25) is 5.02 Å². The fourth-order valence-electron chi connectivity index (χ4n) is 3.31. The van der Waals surface area contributed by atoms with Crippen LogP contribution in [-0.2, 0) is 9.47 Å². The van der Waals surface area contributed by atoms with Gasteiger partial charge in [-0.15, -0.1) is 0 Å². The Kier molecular flexibility index (Phi) is 7.55. The molecule has 3 unspecified atom stereocenters. The number of ether oxygens (including phenoxy) is 2. The third kappa shape index (κ3) is 4.61. The van der Waals surface area contributed by atoms with Crippen molar-refractivity contribution >= 4 is 28.9 Å². The molecule has 1 saturated heterocycles. The van der Waals surface area contributed by atoms with E-state index < -0.39 is 36.4 Å². The Hall–Kier alpha value is -1.36. The third-order valence-corrected chi connectivity index (χ3v) is 6.10. The minimum Gasteiger partial charge on any atom is -0.394 e. The second-order valence-corrected chi connectivity index (χ2v) is 7.99. The van der Waals surface area contributed by atoms with Crippen LogP contribution < -0.4 is 5.32 Å². The molecule has 3 rings (SSSR count). The van der Waals surface area contributed by atoms with E-state index in [0.29, 0.717) is 5.02 Å². The van der Waals surface area contributed by atoms with Crippen molar-refractivity contribution in [3.05, 3.63) is 39.5 Å². The summed E-state index contributed by atoms with van der Waals surface area (Å²) in [4.78, 5) is 8.11. The number of rotatable bonds is 6. The van der Waals surface area contributed by atoms with E-state index in [1.54, 1.807) is 12.3 Å². The monoisotopic (exact) mass is 427 g/mol. The Balaban J connectivity index is 1.93. The van der Waals surface area contributed by atoms with Crippen molar-refractivity contribution in [2.75, 3.05) is 26.8 Å². The summed E-state index contributed by atoms with van der Waals surface area (Å²) in [5, 5.41) is 27.4. The molecular formula is C17H22ClN5O4S. The molecule has 0 bridgehead atoms. The van der Waals surface area contributed by atoms with Gasteiger partial charge in [-0.25, -0.2) is 0 Å². The van der Waals surface area contributed by atoms with Crippen LogP contribution in [-0.4, -0.2) is 71.8 Å². The van der Waals surface area contributed by atoms with Crippen molar-refractivity contribution in [1.29, 1.82) is 0 Å². The van der Waals surface area contributed by atoms with Crippen molar-refractivity contribution in [2.24, 2.45) is 5.11 Å². The molecule has 0 radical (unpaired) electrons. The Morgan fingerprint density at radius 3 is 3.04 bits per heavy atom. The molecule has 0 amide bonds. The number of pyridine rings is 1. The van der Waals surface area contributed by atoms with Crippen LogP contribution in [0.15, 0.2) is 28.3 Å². The van der Waals surface area contributed by atoms with E-state index in [4.69, 9.17) is 26.6 Å². The highest BCUT2D eigenvalue weighted by atomic mass is 35.5. The molecular weight excluding hydrogens is 406 g/mol. The van der Waals surface area contributed by atoms with Gasteiger partial charge in [-0.3, -0.25) is 4.98 Å². The number of hydrogen-bond donors (Lipinski definition) is 3. The minimum atomic E-state index is -1.17. The van der Waals surface area contributed by atoms with Crippen molar-refractivity contribution in [2.45, 2.75) is 41.1 Å². The summed E-state index contributed by atoms with van der Waals surface area (Å²) in [6, 6.07) is 0.904. The fraction of sp³-hybridized carbons (Fsp3) is 0.588. The molecule has 0 spiro atoms. The van der Waals surface area contributed by atoms with Crippen molar-refractivity contribution < 1.29 is 19.7 Å². The van der Waals surface area contributed by atoms with E-state index in [0.717, 1.165) is 35.7 Å². The third-order valence-electron chi connectivity index (χ3n) is 4.71. The zero-order valence-corrected chi connectivity index (χ0v) is 16.8. The molecule has 0 saturated carbocycles. The van der Waals surface area contributed by atoms with Crippen molar-refractivity contribution in [1.82, 2.24) is 10.3 Å². The molecule has 28 heavy (non-hydrogen) atoms. The van der Waals surface area contributed by atoms with Gasteiger partial charge in [0.2, 0.25) is 0 Å². The summed E-state index contributed by atoms with van der Waals surface area (Å²) in [6.45, 7) is 1.21.